The van der Waals surface area contributed by atoms with Crippen molar-refractivity contribution in [3.63, 3.8) is 0 Å². The Morgan fingerprint density at radius 2 is 1.36 bits per heavy atom. The lowest BCUT2D eigenvalue weighted by Gasteiger charge is -2.35. The molecule has 0 radical (unpaired) electrons. The third-order valence-corrected chi connectivity index (χ3v) is 6.21. The Hall–Kier alpha value is -4.14. The molecule has 17 nitrogen and oxygen atoms in total. The zero-order valence-electron chi connectivity index (χ0n) is 19.4. The maximum atomic E-state index is 12.3. The van der Waals surface area contributed by atoms with Gasteiger partial charge in [-0.05, 0) is 18.6 Å². The predicted molar refractivity (Wildman–Crippen MR) is 129 cm³/mol. The van der Waals surface area contributed by atoms with Gasteiger partial charge < -0.3 is 72.3 Å². The van der Waals surface area contributed by atoms with Crippen LogP contribution in [0.2, 0.25) is 0 Å². The van der Waals surface area contributed by atoms with E-state index in [1.807, 2.05) is 5.32 Å². The number of rotatable bonds is 9. The molecule has 212 valence electrons. The van der Waals surface area contributed by atoms with Gasteiger partial charge in [0.05, 0.1) is 0 Å². The van der Waals surface area contributed by atoms with Crippen LogP contribution in [0.4, 0.5) is 10.8 Å². The molecule has 0 bridgehead atoms. The number of carbonyl (C=O) groups excluding carboxylic acids is 1. The fraction of sp³-hybridized carbons (Fsp3) is 0.238. The minimum Gasteiger partial charge on any atom is -0.504 e. The van der Waals surface area contributed by atoms with Crippen LogP contribution in [0, 0.1) is 0 Å². The molecular formula is C21H24N4O13S. The molecule has 0 fully saturated rings. The minimum absolute atomic E-state index is 0.137. The Kier molecular flexibility index (Phi) is 7.70. The Bertz CT molecular complexity index is 1360. The lowest BCUT2D eigenvalue weighted by atomic mass is 10.0. The molecule has 0 aliphatic heterocycles. The number of hydrogen-bond donors (Lipinski definition) is 15. The van der Waals surface area contributed by atoms with Crippen molar-refractivity contribution < 1.29 is 66.1 Å². The molecule has 16 N–H and O–H groups in total. The summed E-state index contributed by atoms with van der Waals surface area (Å²) in [7, 11) is 0. The van der Waals surface area contributed by atoms with Crippen LogP contribution < -0.4 is 16.4 Å². The van der Waals surface area contributed by atoms with Crippen LogP contribution in [0.5, 0.6) is 33.8 Å². The number of anilines is 2. The number of nitrogens with two attached hydrogens (primary N) is 1. The van der Waals surface area contributed by atoms with Gasteiger partial charge in [0.1, 0.15) is 0 Å². The second-order valence-electron chi connectivity index (χ2n) is 8.15. The van der Waals surface area contributed by atoms with Crippen LogP contribution in [-0.2, 0) is 22.8 Å². The van der Waals surface area contributed by atoms with Gasteiger partial charge in [0.2, 0.25) is 22.3 Å². The molecule has 2 aromatic carbocycles. The molecule has 0 atom stereocenters. The van der Waals surface area contributed by atoms with Crippen molar-refractivity contribution in [1.82, 2.24) is 10.3 Å². The molecule has 0 saturated heterocycles. The summed E-state index contributed by atoms with van der Waals surface area (Å²) >= 11 is 0.490. The van der Waals surface area contributed by atoms with E-state index < -0.39 is 87.0 Å². The van der Waals surface area contributed by atoms with Crippen molar-refractivity contribution in [3.8, 4) is 33.8 Å². The Balaban J connectivity index is 1.71. The van der Waals surface area contributed by atoms with E-state index in [2.05, 4.69) is 10.3 Å². The van der Waals surface area contributed by atoms with Crippen molar-refractivity contribution >= 4 is 28.1 Å². The van der Waals surface area contributed by atoms with E-state index in [1.54, 1.807) is 0 Å². The fourth-order valence-electron chi connectivity index (χ4n) is 3.32. The first-order valence-electron chi connectivity index (χ1n) is 10.6. The molecule has 0 saturated carbocycles. The van der Waals surface area contributed by atoms with E-state index in [9.17, 15) is 66.1 Å². The molecule has 1 heterocycles. The number of aromatic hydroxyl groups is 6. The highest BCUT2D eigenvalue weighted by atomic mass is 32.1. The number of nitrogen functional groups attached to an aromatic ring is 1. The summed E-state index contributed by atoms with van der Waals surface area (Å²) in [4.78, 5) is 15.8. The molecule has 18 heteroatoms. The van der Waals surface area contributed by atoms with E-state index in [1.165, 1.54) is 0 Å². The summed E-state index contributed by atoms with van der Waals surface area (Å²) in [6.07, 6.45) is -0.534. The minimum atomic E-state index is -3.49. The highest BCUT2D eigenvalue weighted by molar-refractivity contribution is 7.17. The number of thiazole rings is 1. The number of aliphatic hydroxyl groups is 6. The summed E-state index contributed by atoms with van der Waals surface area (Å²) in [5.41, 5.74) is 3.33. The summed E-state index contributed by atoms with van der Waals surface area (Å²) < 4.78 is 0. The number of aromatic nitrogens is 1. The second kappa shape index (κ2) is 10.2. The van der Waals surface area contributed by atoms with Crippen LogP contribution in [0.1, 0.15) is 16.8 Å². The molecule has 3 aromatic rings. The maximum Gasteiger partial charge on any atom is 0.294 e. The van der Waals surface area contributed by atoms with Gasteiger partial charge in [-0.1, -0.05) is 23.5 Å². The van der Waals surface area contributed by atoms with Crippen molar-refractivity contribution in [3.05, 3.63) is 41.1 Å². The predicted octanol–water partition coefficient (Wildman–Crippen LogP) is -2.66. The summed E-state index contributed by atoms with van der Waals surface area (Å²) in [5, 5.41) is 122. The lowest BCUT2D eigenvalue weighted by molar-refractivity contribution is -0.378. The fourth-order valence-corrected chi connectivity index (χ4v) is 3.94. The smallest absolute Gasteiger partial charge is 0.294 e. The number of carbonyl (C=O) groups is 1. The number of hydrogen-bond acceptors (Lipinski definition) is 17. The van der Waals surface area contributed by atoms with Gasteiger partial charge in [-0.2, -0.15) is 0 Å². The van der Waals surface area contributed by atoms with Crippen molar-refractivity contribution in [2.45, 2.75) is 23.9 Å². The number of nitrogens with one attached hydrogen (secondary N) is 2. The first kappa shape index (κ1) is 29.4. The van der Waals surface area contributed by atoms with Gasteiger partial charge in [0.25, 0.3) is 23.4 Å². The lowest BCUT2D eigenvalue weighted by Crippen LogP contribution is -2.61. The van der Waals surface area contributed by atoms with Crippen LogP contribution in [-0.4, -0.2) is 84.6 Å². The normalized spacial score (nSPS) is 12.5. The van der Waals surface area contributed by atoms with Gasteiger partial charge in [0, 0.05) is 23.4 Å². The first-order valence-corrected chi connectivity index (χ1v) is 11.4. The van der Waals surface area contributed by atoms with Gasteiger partial charge in [-0.15, -0.1) is 0 Å². The second-order valence-corrected chi connectivity index (χ2v) is 9.16. The maximum absolute atomic E-state index is 12.3. The van der Waals surface area contributed by atoms with Gasteiger partial charge in [0.15, 0.2) is 22.3 Å². The summed E-state index contributed by atoms with van der Waals surface area (Å²) in [6, 6.07) is 3.88. The third-order valence-electron chi connectivity index (χ3n) is 5.52. The summed E-state index contributed by atoms with van der Waals surface area (Å²) in [6.45, 7) is -0.613. The number of amides is 1. The van der Waals surface area contributed by atoms with E-state index in [4.69, 9.17) is 5.73 Å². The molecule has 1 amide bonds. The molecule has 0 spiro atoms. The highest BCUT2D eigenvalue weighted by Gasteiger charge is 2.49. The van der Waals surface area contributed by atoms with Crippen LogP contribution in [0.25, 0.3) is 0 Å². The average Bonchev–Trinajstić information content (AvgIpc) is 3.22. The van der Waals surface area contributed by atoms with Crippen LogP contribution >= 0.6 is 11.3 Å². The molecule has 0 aliphatic carbocycles. The van der Waals surface area contributed by atoms with Gasteiger partial charge in [-0.3, -0.25) is 10.1 Å². The molecule has 0 aliphatic rings. The SMILES string of the molecule is Nc1nc(C(O)(O)C(=O)Nc2ccc(C(O)(O)C(O)(O)NCCc3c(O)c(O)c(O)c(O)c3O)cc2)c(O)s1. The quantitative estimate of drug-likeness (QED) is 0.0706. The van der Waals surface area contributed by atoms with E-state index >= 15 is 0 Å². The number of benzene rings is 2. The third kappa shape index (κ3) is 5.39. The molecule has 1 aromatic heterocycles. The van der Waals surface area contributed by atoms with E-state index in [0.717, 1.165) is 24.3 Å². The standard InChI is InChI=1S/C21H24N4O13S/c22-18-25-15(16(31)39-18)19(33,34)17(32)24-8-3-1-7(2-4-8)20(35,36)21(37,38)23-6-5-9-10(26)12(28)14(30)13(29)11(9)27/h1-4,23,26-31,33-38H,5-6H2,(H2,22,25)(H,24,32). The van der Waals surface area contributed by atoms with Crippen LogP contribution in [0.3, 0.4) is 0 Å². The molecule has 39 heavy (non-hydrogen) atoms. The Morgan fingerprint density at radius 3 is 1.85 bits per heavy atom. The monoisotopic (exact) mass is 572 g/mol. The van der Waals surface area contributed by atoms with Crippen molar-refractivity contribution in [1.29, 1.82) is 0 Å². The average molecular weight is 573 g/mol. The number of phenols is 5. The summed E-state index contributed by atoms with van der Waals surface area (Å²) in [5.74, 6) is -17.2. The van der Waals surface area contributed by atoms with Crippen molar-refractivity contribution in [2.75, 3.05) is 17.6 Å². The zero-order valence-corrected chi connectivity index (χ0v) is 20.2. The highest BCUT2D eigenvalue weighted by Crippen LogP contribution is 2.50. The van der Waals surface area contributed by atoms with E-state index in [0.29, 0.717) is 11.3 Å². The van der Waals surface area contributed by atoms with E-state index in [-0.39, 0.29) is 10.8 Å². The van der Waals surface area contributed by atoms with Gasteiger partial charge >= 0.3 is 0 Å². The van der Waals surface area contributed by atoms with Crippen LogP contribution in [0.15, 0.2) is 24.3 Å². The molecule has 0 unspecified atom stereocenters. The topological polar surface area (TPSA) is 323 Å². The molecule has 3 rings (SSSR count). The van der Waals surface area contributed by atoms with Crippen molar-refractivity contribution in [2.24, 2.45) is 0 Å². The largest absolute Gasteiger partial charge is 0.504 e. The number of phenolic OH excluding ortho intramolecular Hbond substituents is 5. The molecular weight excluding hydrogens is 548 g/mol. The Morgan fingerprint density at radius 1 is 0.846 bits per heavy atom. The first-order chi connectivity index (χ1) is 17.9. The zero-order chi connectivity index (χ0) is 29.5. The number of nitrogens with zero attached hydrogens (tertiary/aromatic N) is 1. The van der Waals surface area contributed by atoms with Gasteiger partial charge in [-0.25, -0.2) is 4.98 Å². The Labute approximate surface area is 221 Å².